The van der Waals surface area contributed by atoms with Gasteiger partial charge in [0.1, 0.15) is 16.7 Å². The van der Waals surface area contributed by atoms with E-state index in [0.717, 1.165) is 0 Å². The number of aromatic nitrogens is 4. The van der Waals surface area contributed by atoms with Gasteiger partial charge in [-0.25, -0.2) is 0 Å². The van der Waals surface area contributed by atoms with Crippen LogP contribution in [0.2, 0.25) is 5.02 Å². The number of halogens is 1. The topological polar surface area (TPSA) is 125 Å². The first kappa shape index (κ1) is 17.5. The van der Waals surface area contributed by atoms with Gasteiger partial charge in [0, 0.05) is 6.54 Å². The second kappa shape index (κ2) is 7.72. The summed E-state index contributed by atoms with van der Waals surface area (Å²) in [6.07, 6.45) is 2.80. The van der Waals surface area contributed by atoms with Gasteiger partial charge in [0.2, 0.25) is 0 Å². The van der Waals surface area contributed by atoms with Gasteiger partial charge in [0.15, 0.2) is 5.82 Å². The molecule has 0 fully saturated rings. The summed E-state index contributed by atoms with van der Waals surface area (Å²) in [5, 5.41) is 22.9. The van der Waals surface area contributed by atoms with E-state index in [1.54, 1.807) is 12.1 Å². The van der Waals surface area contributed by atoms with Crippen molar-refractivity contribution in [1.29, 1.82) is 5.26 Å². The number of aryl methyl sites for hydroxylation is 1. The molecule has 2 aromatic heterocycles. The molecule has 0 aliphatic rings. The van der Waals surface area contributed by atoms with Crippen molar-refractivity contribution >= 4 is 23.1 Å². The van der Waals surface area contributed by atoms with Crippen LogP contribution in [0.3, 0.4) is 0 Å². The summed E-state index contributed by atoms with van der Waals surface area (Å²) in [5.41, 5.74) is 7.38. The summed E-state index contributed by atoms with van der Waals surface area (Å²) < 4.78 is 1.25. The molecule has 132 valence electrons. The fourth-order valence-corrected chi connectivity index (χ4v) is 2.69. The number of benzene rings is 1. The molecule has 1 aromatic carbocycles. The van der Waals surface area contributed by atoms with Crippen LogP contribution in [0.25, 0.3) is 5.69 Å². The Bertz CT molecular complexity index is 1000. The van der Waals surface area contributed by atoms with Crippen molar-refractivity contribution in [1.82, 2.24) is 20.0 Å². The predicted molar refractivity (Wildman–Crippen MR) is 99.4 cm³/mol. The Kier molecular flexibility index (Phi) is 5.20. The smallest absolute Gasteiger partial charge is 0.292 e. The number of aromatic amines is 1. The second-order valence-electron chi connectivity index (χ2n) is 5.53. The molecule has 2 heterocycles. The predicted octanol–water partition coefficient (Wildman–Crippen LogP) is 2.11. The first-order valence-electron chi connectivity index (χ1n) is 7.91. The molecule has 26 heavy (non-hydrogen) atoms. The molecule has 0 aliphatic heterocycles. The largest absolute Gasteiger partial charge is 0.382 e. The lowest BCUT2D eigenvalue weighted by atomic mass is 10.1. The van der Waals surface area contributed by atoms with E-state index in [9.17, 15) is 4.79 Å². The molecule has 0 amide bonds. The highest BCUT2D eigenvalue weighted by Crippen LogP contribution is 2.17. The lowest BCUT2D eigenvalue weighted by Crippen LogP contribution is -2.22. The Balaban J connectivity index is 1.65. The van der Waals surface area contributed by atoms with Crippen molar-refractivity contribution in [2.75, 3.05) is 17.6 Å². The second-order valence-corrected chi connectivity index (χ2v) is 5.91. The van der Waals surface area contributed by atoms with Crippen LogP contribution in [0.15, 0.2) is 41.3 Å². The van der Waals surface area contributed by atoms with Gasteiger partial charge >= 0.3 is 0 Å². The molecule has 8 nitrogen and oxygen atoms in total. The molecule has 0 spiro atoms. The van der Waals surface area contributed by atoms with Crippen molar-refractivity contribution < 1.29 is 0 Å². The zero-order chi connectivity index (χ0) is 18.5. The number of nitrogen functional groups attached to an aromatic ring is 1. The van der Waals surface area contributed by atoms with Crippen LogP contribution < -0.4 is 16.6 Å². The van der Waals surface area contributed by atoms with Crippen LogP contribution in [0.5, 0.6) is 0 Å². The number of nitrogens with two attached hydrogens (primary N) is 1. The fraction of sp³-hybridized carbons (Fsp3) is 0.176. The number of rotatable bonds is 6. The molecule has 9 heteroatoms. The van der Waals surface area contributed by atoms with E-state index in [0.29, 0.717) is 42.0 Å². The Morgan fingerprint density at radius 1 is 1.35 bits per heavy atom. The quantitative estimate of drug-likeness (QED) is 0.571. The van der Waals surface area contributed by atoms with Gasteiger partial charge in [0.25, 0.3) is 5.56 Å². The maximum absolute atomic E-state index is 12.4. The van der Waals surface area contributed by atoms with Gasteiger partial charge in [-0.2, -0.15) is 20.1 Å². The highest BCUT2D eigenvalue weighted by molar-refractivity contribution is 6.32. The molecule has 0 radical (unpaired) electrons. The van der Waals surface area contributed by atoms with E-state index in [1.165, 1.54) is 10.9 Å². The zero-order valence-corrected chi connectivity index (χ0v) is 14.5. The minimum absolute atomic E-state index is 0.0763. The first-order valence-corrected chi connectivity index (χ1v) is 8.29. The van der Waals surface area contributed by atoms with E-state index in [-0.39, 0.29) is 10.8 Å². The van der Waals surface area contributed by atoms with Crippen molar-refractivity contribution in [3.63, 3.8) is 0 Å². The number of H-pyrrole nitrogens is 1. The Morgan fingerprint density at radius 2 is 2.12 bits per heavy atom. The van der Waals surface area contributed by atoms with Gasteiger partial charge in [-0.15, -0.1) is 0 Å². The van der Waals surface area contributed by atoms with E-state index in [2.05, 4.69) is 20.6 Å². The summed E-state index contributed by atoms with van der Waals surface area (Å²) >= 11 is 6.18. The summed E-state index contributed by atoms with van der Waals surface area (Å²) in [6, 6.07) is 11.1. The van der Waals surface area contributed by atoms with Gasteiger partial charge in [-0.1, -0.05) is 29.8 Å². The van der Waals surface area contributed by atoms with Gasteiger partial charge in [0.05, 0.1) is 23.3 Å². The molecule has 0 saturated heterocycles. The van der Waals surface area contributed by atoms with Crippen molar-refractivity contribution in [3.05, 3.63) is 63.2 Å². The summed E-state index contributed by atoms with van der Waals surface area (Å²) in [5.74, 6) is 0.201. The summed E-state index contributed by atoms with van der Waals surface area (Å²) in [7, 11) is 0. The maximum Gasteiger partial charge on any atom is 0.292 e. The molecular weight excluding hydrogens is 354 g/mol. The van der Waals surface area contributed by atoms with E-state index < -0.39 is 5.56 Å². The molecule has 4 N–H and O–H groups in total. The molecule has 0 bridgehead atoms. The zero-order valence-electron chi connectivity index (χ0n) is 13.7. The van der Waals surface area contributed by atoms with E-state index in [1.807, 2.05) is 24.3 Å². The van der Waals surface area contributed by atoms with Gasteiger partial charge < -0.3 is 11.1 Å². The monoisotopic (exact) mass is 369 g/mol. The minimum atomic E-state index is -0.393. The first-order chi connectivity index (χ1) is 12.6. The third-order valence-electron chi connectivity index (χ3n) is 3.82. The van der Waals surface area contributed by atoms with Crippen LogP contribution in [0.4, 0.5) is 11.5 Å². The molecule has 0 unspecified atom stereocenters. The Labute approximate surface area is 154 Å². The fourth-order valence-electron chi connectivity index (χ4n) is 2.50. The number of nitriles is 1. The summed E-state index contributed by atoms with van der Waals surface area (Å²) in [6.45, 7) is 0.542. The molecule has 0 atom stereocenters. The number of hydrogen-bond donors (Lipinski definition) is 3. The van der Waals surface area contributed by atoms with Crippen LogP contribution in [-0.2, 0) is 6.42 Å². The highest BCUT2D eigenvalue weighted by Gasteiger charge is 2.12. The van der Waals surface area contributed by atoms with Crippen LogP contribution in [-0.4, -0.2) is 26.5 Å². The lowest BCUT2D eigenvalue weighted by Gasteiger charge is -2.10. The van der Waals surface area contributed by atoms with Crippen LogP contribution in [0.1, 0.15) is 17.7 Å². The minimum Gasteiger partial charge on any atom is -0.382 e. The Hall–Kier alpha value is -3.31. The average Bonchev–Trinajstić information content (AvgIpc) is 3.02. The Morgan fingerprint density at radius 3 is 2.85 bits per heavy atom. The lowest BCUT2D eigenvalue weighted by molar-refractivity contribution is 0.798. The third kappa shape index (κ3) is 3.53. The van der Waals surface area contributed by atoms with Crippen molar-refractivity contribution in [3.8, 4) is 11.8 Å². The molecule has 3 aromatic rings. The number of nitrogens with zero attached hydrogens (tertiary/aromatic N) is 4. The van der Waals surface area contributed by atoms with Gasteiger partial charge in [-0.3, -0.25) is 9.89 Å². The normalized spacial score (nSPS) is 10.5. The van der Waals surface area contributed by atoms with Crippen molar-refractivity contribution in [2.45, 2.75) is 12.8 Å². The van der Waals surface area contributed by atoms with Crippen LogP contribution >= 0.6 is 11.6 Å². The summed E-state index contributed by atoms with van der Waals surface area (Å²) in [4.78, 5) is 12.4. The maximum atomic E-state index is 12.4. The molecular formula is C17H16ClN7O. The average molecular weight is 370 g/mol. The number of nitrogens with one attached hydrogen (secondary N) is 2. The van der Waals surface area contributed by atoms with Crippen LogP contribution in [0, 0.1) is 11.3 Å². The van der Waals surface area contributed by atoms with E-state index >= 15 is 0 Å². The van der Waals surface area contributed by atoms with Gasteiger partial charge in [-0.05, 0) is 25.0 Å². The number of hydrogen-bond acceptors (Lipinski definition) is 6. The third-order valence-corrected chi connectivity index (χ3v) is 4.18. The number of para-hydroxylation sites is 1. The molecule has 0 aliphatic carbocycles. The molecule has 0 saturated carbocycles. The van der Waals surface area contributed by atoms with Crippen molar-refractivity contribution in [2.24, 2.45) is 0 Å². The SMILES string of the molecule is N#Cc1c(N)n[nH]c1CCCNc1cnn(-c2ccccc2)c(=O)c1Cl. The standard InChI is InChI=1S/C17H16ClN7O/c18-15-14(10-22-25(17(15)26)11-5-2-1-3-6-11)21-8-4-7-13-12(9-19)16(20)24-23-13/h1-3,5-6,10,21H,4,7-8H2,(H3,20,23,24). The number of anilines is 2. The highest BCUT2D eigenvalue weighted by atomic mass is 35.5. The van der Waals surface area contributed by atoms with E-state index in [4.69, 9.17) is 22.6 Å². The molecule has 3 rings (SSSR count).